The molecule has 1 saturated heterocycles. The molecule has 0 amide bonds. The van der Waals surface area contributed by atoms with Crippen LogP contribution in [0.5, 0.6) is 0 Å². The van der Waals surface area contributed by atoms with Gasteiger partial charge >= 0.3 is 0 Å². The summed E-state index contributed by atoms with van der Waals surface area (Å²) in [5.41, 5.74) is 1.59. The number of hydrogen-bond donors (Lipinski definition) is 0. The molecular weight excluding hydrogens is 236 g/mol. The maximum Gasteiger partial charge on any atom is 0.101 e. The first kappa shape index (κ1) is 15.1. The lowest BCUT2D eigenvalue weighted by Crippen LogP contribution is -2.43. The van der Waals surface area contributed by atoms with Gasteiger partial charge in [0.15, 0.2) is 0 Å². The fraction of sp³-hybridized carbons (Fsp3) is 0.882. The Kier molecular flexibility index (Phi) is 4.73. The van der Waals surface area contributed by atoms with Gasteiger partial charge in [-0.05, 0) is 44.4 Å². The zero-order valence-corrected chi connectivity index (χ0v) is 13.2. The van der Waals surface area contributed by atoms with Gasteiger partial charge < -0.3 is 9.47 Å². The second-order valence-electron chi connectivity index (χ2n) is 7.07. The van der Waals surface area contributed by atoms with Crippen molar-refractivity contribution in [2.24, 2.45) is 17.8 Å². The van der Waals surface area contributed by atoms with Crippen LogP contribution in [0.4, 0.5) is 0 Å². The summed E-state index contributed by atoms with van der Waals surface area (Å²) < 4.78 is 11.7. The van der Waals surface area contributed by atoms with E-state index in [-0.39, 0.29) is 5.60 Å². The average Bonchev–Trinajstić information content (AvgIpc) is 3.07. The van der Waals surface area contributed by atoms with E-state index in [1.165, 1.54) is 31.3 Å². The summed E-state index contributed by atoms with van der Waals surface area (Å²) in [6, 6.07) is 0. The van der Waals surface area contributed by atoms with Crippen molar-refractivity contribution in [3.63, 3.8) is 0 Å². The zero-order valence-electron chi connectivity index (χ0n) is 13.2. The molecule has 2 heteroatoms. The second-order valence-corrected chi connectivity index (χ2v) is 7.07. The van der Waals surface area contributed by atoms with Crippen LogP contribution in [0, 0.1) is 17.8 Å². The van der Waals surface area contributed by atoms with E-state index in [1.54, 1.807) is 0 Å². The van der Waals surface area contributed by atoms with Crippen molar-refractivity contribution < 1.29 is 9.47 Å². The Balaban J connectivity index is 2.06. The van der Waals surface area contributed by atoms with E-state index >= 15 is 0 Å². The van der Waals surface area contributed by atoms with E-state index in [2.05, 4.69) is 33.8 Å². The number of methoxy groups -OCH3 is 1. The molecule has 2 fully saturated rings. The minimum atomic E-state index is 0.108. The molecule has 0 aromatic rings. The third-order valence-electron chi connectivity index (χ3n) is 4.79. The molecule has 0 bridgehead atoms. The Morgan fingerprint density at radius 3 is 2.68 bits per heavy atom. The van der Waals surface area contributed by atoms with Gasteiger partial charge in [-0.25, -0.2) is 0 Å². The highest BCUT2D eigenvalue weighted by atomic mass is 16.6. The van der Waals surface area contributed by atoms with Crippen LogP contribution < -0.4 is 0 Å². The van der Waals surface area contributed by atoms with E-state index in [0.717, 1.165) is 12.5 Å². The molecule has 4 atom stereocenters. The Labute approximate surface area is 118 Å². The fourth-order valence-corrected chi connectivity index (χ4v) is 3.77. The lowest BCUT2D eigenvalue weighted by Gasteiger charge is -2.39. The SMILES string of the molecule is CO[C@@H]1C[C@H](C)C[C@]2(CO2)[C@H]1/C(C)=C/CCC(C)C. The molecule has 0 aromatic carbocycles. The molecule has 1 saturated carbocycles. The predicted molar refractivity (Wildman–Crippen MR) is 79.2 cm³/mol. The summed E-state index contributed by atoms with van der Waals surface area (Å²) in [5.74, 6) is 1.97. The predicted octanol–water partition coefficient (Wildman–Crippen LogP) is 4.20. The quantitative estimate of drug-likeness (QED) is 0.549. The molecule has 1 aliphatic carbocycles. The molecule has 19 heavy (non-hydrogen) atoms. The first-order valence-corrected chi connectivity index (χ1v) is 7.82. The van der Waals surface area contributed by atoms with Crippen LogP contribution in [-0.2, 0) is 9.47 Å². The molecule has 110 valence electrons. The third kappa shape index (κ3) is 3.41. The molecular formula is C17H30O2. The van der Waals surface area contributed by atoms with Crippen molar-refractivity contribution in [2.45, 2.75) is 65.1 Å². The molecule has 0 radical (unpaired) electrons. The molecule has 2 rings (SSSR count). The number of epoxide rings is 1. The van der Waals surface area contributed by atoms with Gasteiger partial charge in [-0.2, -0.15) is 0 Å². The Morgan fingerprint density at radius 1 is 1.47 bits per heavy atom. The van der Waals surface area contributed by atoms with Gasteiger partial charge in [0, 0.05) is 13.0 Å². The van der Waals surface area contributed by atoms with Gasteiger partial charge in [0.2, 0.25) is 0 Å². The highest BCUT2D eigenvalue weighted by molar-refractivity contribution is 5.19. The maximum absolute atomic E-state index is 5.88. The van der Waals surface area contributed by atoms with Gasteiger partial charge in [-0.1, -0.05) is 32.4 Å². The van der Waals surface area contributed by atoms with Crippen LogP contribution in [0.1, 0.15) is 53.4 Å². The lowest BCUT2D eigenvalue weighted by atomic mass is 9.69. The van der Waals surface area contributed by atoms with Crippen LogP contribution in [0.2, 0.25) is 0 Å². The van der Waals surface area contributed by atoms with Crippen LogP contribution in [0.25, 0.3) is 0 Å². The first-order chi connectivity index (χ1) is 8.98. The highest BCUT2D eigenvalue weighted by Crippen LogP contribution is 2.51. The number of hydrogen-bond acceptors (Lipinski definition) is 2. The van der Waals surface area contributed by atoms with E-state index in [9.17, 15) is 0 Å². The normalized spacial score (nSPS) is 39.1. The smallest absolute Gasteiger partial charge is 0.101 e. The molecule has 2 nitrogen and oxygen atoms in total. The van der Waals surface area contributed by atoms with E-state index in [0.29, 0.717) is 17.9 Å². The summed E-state index contributed by atoms with van der Waals surface area (Å²) in [4.78, 5) is 0. The third-order valence-corrected chi connectivity index (χ3v) is 4.79. The molecule has 0 aromatic heterocycles. The molecule has 0 N–H and O–H groups in total. The summed E-state index contributed by atoms with van der Waals surface area (Å²) in [6.45, 7) is 10.1. The van der Waals surface area contributed by atoms with Gasteiger partial charge in [0.05, 0.1) is 12.7 Å². The maximum atomic E-state index is 5.88. The first-order valence-electron chi connectivity index (χ1n) is 7.82. The summed E-state index contributed by atoms with van der Waals surface area (Å²) >= 11 is 0. The summed E-state index contributed by atoms with van der Waals surface area (Å²) in [6.07, 6.45) is 7.58. The van der Waals surface area contributed by atoms with Crippen molar-refractivity contribution >= 4 is 0 Å². The minimum Gasteiger partial charge on any atom is -0.381 e. The summed E-state index contributed by atoms with van der Waals surface area (Å²) in [7, 11) is 1.85. The van der Waals surface area contributed by atoms with Crippen LogP contribution in [-0.4, -0.2) is 25.4 Å². The van der Waals surface area contributed by atoms with Gasteiger partial charge in [0.1, 0.15) is 5.60 Å². The van der Waals surface area contributed by atoms with Gasteiger partial charge in [0.25, 0.3) is 0 Å². The van der Waals surface area contributed by atoms with Gasteiger partial charge in [-0.3, -0.25) is 0 Å². The second kappa shape index (κ2) is 5.97. The standard InChI is InChI=1S/C17H30O2/c1-12(2)7-6-8-14(4)16-15(18-5)9-13(3)10-17(16)11-19-17/h8,12-13,15-16H,6-7,9-11H2,1-5H3/b14-8+/t13-,15+,16-,17-/m0/s1. The topological polar surface area (TPSA) is 21.8 Å². The highest BCUT2D eigenvalue weighted by Gasteiger charge is 2.58. The van der Waals surface area contributed by atoms with Crippen molar-refractivity contribution in [1.29, 1.82) is 0 Å². The van der Waals surface area contributed by atoms with Gasteiger partial charge in [-0.15, -0.1) is 0 Å². The number of rotatable bonds is 5. The molecule has 1 spiro atoms. The van der Waals surface area contributed by atoms with E-state index < -0.39 is 0 Å². The van der Waals surface area contributed by atoms with Crippen LogP contribution >= 0.6 is 0 Å². The van der Waals surface area contributed by atoms with Crippen molar-refractivity contribution in [2.75, 3.05) is 13.7 Å². The van der Waals surface area contributed by atoms with E-state index in [1.807, 2.05) is 7.11 Å². The molecule has 1 aliphatic heterocycles. The Bertz CT molecular complexity index is 328. The van der Waals surface area contributed by atoms with Crippen molar-refractivity contribution in [1.82, 2.24) is 0 Å². The zero-order chi connectivity index (χ0) is 14.0. The number of ether oxygens (including phenoxy) is 2. The largest absolute Gasteiger partial charge is 0.381 e. The van der Waals surface area contributed by atoms with Crippen LogP contribution in [0.3, 0.4) is 0 Å². The van der Waals surface area contributed by atoms with Crippen molar-refractivity contribution in [3.05, 3.63) is 11.6 Å². The summed E-state index contributed by atoms with van der Waals surface area (Å²) in [5, 5.41) is 0. The molecule has 1 heterocycles. The lowest BCUT2D eigenvalue weighted by molar-refractivity contribution is -0.0196. The Hall–Kier alpha value is -0.340. The Morgan fingerprint density at radius 2 is 2.16 bits per heavy atom. The molecule has 0 unspecified atom stereocenters. The minimum absolute atomic E-state index is 0.108. The van der Waals surface area contributed by atoms with E-state index in [4.69, 9.17) is 9.47 Å². The van der Waals surface area contributed by atoms with Crippen LogP contribution in [0.15, 0.2) is 11.6 Å². The average molecular weight is 266 g/mol. The number of allylic oxidation sites excluding steroid dienone is 1. The fourth-order valence-electron chi connectivity index (χ4n) is 3.77. The monoisotopic (exact) mass is 266 g/mol. The molecule has 2 aliphatic rings. The van der Waals surface area contributed by atoms with Crippen molar-refractivity contribution in [3.8, 4) is 0 Å².